The van der Waals surface area contributed by atoms with Crippen LogP contribution in [0.1, 0.15) is 22.6 Å². The standard InChI is InChI=1S/C24H24N4O5S/c1-14-6-10-21(32-5)20(12-14)27-34(30,31)22-13-18(8-7-15(22)2)19-9-11-23(29)28(25-19)24-16(3)26-33-17(24)4/h6-13,27H,1-5H3. The first-order valence-electron chi connectivity index (χ1n) is 10.4. The second-order valence-corrected chi connectivity index (χ2v) is 9.58. The minimum Gasteiger partial charge on any atom is -0.495 e. The van der Waals surface area contributed by atoms with Gasteiger partial charge in [-0.15, -0.1) is 0 Å². The van der Waals surface area contributed by atoms with Crippen molar-refractivity contribution in [3.63, 3.8) is 0 Å². The molecule has 176 valence electrons. The van der Waals surface area contributed by atoms with Gasteiger partial charge in [-0.1, -0.05) is 23.4 Å². The molecule has 0 aliphatic rings. The van der Waals surface area contributed by atoms with Crippen LogP contribution in [-0.4, -0.2) is 30.5 Å². The van der Waals surface area contributed by atoms with Crippen molar-refractivity contribution in [2.45, 2.75) is 32.6 Å². The SMILES string of the molecule is COc1ccc(C)cc1NS(=O)(=O)c1cc(-c2ccc(=O)n(-c3c(C)noc3C)n2)ccc1C. The zero-order valence-corrected chi connectivity index (χ0v) is 20.2. The number of anilines is 1. The Kier molecular flexibility index (Phi) is 6.01. The number of nitrogens with zero attached hydrogens (tertiary/aromatic N) is 3. The third-order valence-electron chi connectivity index (χ3n) is 5.38. The molecule has 1 N–H and O–H groups in total. The molecule has 0 unspecified atom stereocenters. The van der Waals surface area contributed by atoms with Crippen molar-refractivity contribution in [3.05, 3.63) is 81.5 Å². The van der Waals surface area contributed by atoms with E-state index in [0.29, 0.717) is 45.4 Å². The summed E-state index contributed by atoms with van der Waals surface area (Å²) >= 11 is 0. The third-order valence-corrected chi connectivity index (χ3v) is 6.89. The summed E-state index contributed by atoms with van der Waals surface area (Å²) in [6.45, 7) is 6.99. The predicted octanol–water partition coefficient (Wildman–Crippen LogP) is 3.93. The number of rotatable bonds is 6. The van der Waals surface area contributed by atoms with Gasteiger partial charge in [0.1, 0.15) is 17.1 Å². The van der Waals surface area contributed by atoms with E-state index < -0.39 is 10.0 Å². The van der Waals surface area contributed by atoms with Gasteiger partial charge in [-0.3, -0.25) is 9.52 Å². The highest BCUT2D eigenvalue weighted by molar-refractivity contribution is 7.92. The Morgan fingerprint density at radius 3 is 2.44 bits per heavy atom. The second kappa shape index (κ2) is 8.79. The van der Waals surface area contributed by atoms with E-state index in [4.69, 9.17) is 9.26 Å². The molecule has 4 aromatic rings. The number of methoxy groups -OCH3 is 1. The van der Waals surface area contributed by atoms with E-state index in [0.717, 1.165) is 5.56 Å². The summed E-state index contributed by atoms with van der Waals surface area (Å²) in [4.78, 5) is 12.6. The highest BCUT2D eigenvalue weighted by atomic mass is 32.2. The van der Waals surface area contributed by atoms with E-state index in [9.17, 15) is 13.2 Å². The molecule has 0 spiro atoms. The molecule has 0 radical (unpaired) electrons. The van der Waals surface area contributed by atoms with E-state index in [1.807, 2.05) is 13.0 Å². The van der Waals surface area contributed by atoms with E-state index in [1.165, 1.54) is 23.9 Å². The fraction of sp³-hybridized carbons (Fsp3) is 0.208. The van der Waals surface area contributed by atoms with Crippen LogP contribution in [0.15, 0.2) is 62.7 Å². The predicted molar refractivity (Wildman–Crippen MR) is 128 cm³/mol. The Labute approximate surface area is 197 Å². The number of aryl methyl sites for hydroxylation is 4. The van der Waals surface area contributed by atoms with Gasteiger partial charge in [0, 0.05) is 11.6 Å². The molecule has 9 nitrogen and oxygen atoms in total. The quantitative estimate of drug-likeness (QED) is 0.444. The fourth-order valence-electron chi connectivity index (χ4n) is 3.66. The lowest BCUT2D eigenvalue weighted by Crippen LogP contribution is -2.21. The van der Waals surface area contributed by atoms with Gasteiger partial charge in [0.2, 0.25) is 0 Å². The molecule has 0 aliphatic heterocycles. The summed E-state index contributed by atoms with van der Waals surface area (Å²) in [7, 11) is -2.47. The molecule has 2 aromatic carbocycles. The summed E-state index contributed by atoms with van der Waals surface area (Å²) in [6, 6.07) is 13.2. The molecule has 34 heavy (non-hydrogen) atoms. The van der Waals surface area contributed by atoms with Crippen molar-refractivity contribution in [1.29, 1.82) is 0 Å². The molecule has 0 atom stereocenters. The summed E-state index contributed by atoms with van der Waals surface area (Å²) in [5.74, 6) is 0.865. The van der Waals surface area contributed by atoms with Crippen molar-refractivity contribution in [2.24, 2.45) is 0 Å². The topological polar surface area (TPSA) is 116 Å². The summed E-state index contributed by atoms with van der Waals surface area (Å²) in [5, 5.41) is 8.33. The van der Waals surface area contributed by atoms with Gasteiger partial charge in [-0.2, -0.15) is 9.78 Å². The van der Waals surface area contributed by atoms with Gasteiger partial charge in [0.05, 0.1) is 23.4 Å². The van der Waals surface area contributed by atoms with Crippen LogP contribution < -0.4 is 15.0 Å². The van der Waals surface area contributed by atoms with Crippen LogP contribution in [0.4, 0.5) is 5.69 Å². The molecule has 0 aliphatic carbocycles. The number of benzene rings is 2. The van der Waals surface area contributed by atoms with Crippen molar-refractivity contribution in [2.75, 3.05) is 11.8 Å². The van der Waals surface area contributed by atoms with Crippen LogP contribution in [0.2, 0.25) is 0 Å². The van der Waals surface area contributed by atoms with E-state index in [2.05, 4.69) is 15.0 Å². The molecule has 0 fully saturated rings. The van der Waals surface area contributed by atoms with Crippen molar-refractivity contribution in [3.8, 4) is 22.7 Å². The van der Waals surface area contributed by atoms with Crippen molar-refractivity contribution in [1.82, 2.24) is 14.9 Å². The smallest absolute Gasteiger partial charge is 0.271 e. The molecule has 2 heterocycles. The van der Waals surface area contributed by atoms with E-state index in [1.54, 1.807) is 51.1 Å². The van der Waals surface area contributed by atoms with Gasteiger partial charge >= 0.3 is 0 Å². The largest absolute Gasteiger partial charge is 0.495 e. The Morgan fingerprint density at radius 1 is 1.00 bits per heavy atom. The number of hydrogen-bond donors (Lipinski definition) is 1. The minimum absolute atomic E-state index is 0.0884. The third kappa shape index (κ3) is 4.32. The average Bonchev–Trinajstić information content (AvgIpc) is 3.12. The maximum absolute atomic E-state index is 13.3. The summed E-state index contributed by atoms with van der Waals surface area (Å²) < 4.78 is 40.9. The van der Waals surface area contributed by atoms with Gasteiger partial charge in [0.15, 0.2) is 5.76 Å². The van der Waals surface area contributed by atoms with Crippen LogP contribution in [0, 0.1) is 27.7 Å². The average molecular weight is 481 g/mol. The number of hydrogen-bond acceptors (Lipinski definition) is 7. The van der Waals surface area contributed by atoms with Gasteiger partial charge < -0.3 is 9.26 Å². The first kappa shape index (κ1) is 23.2. The molecule has 2 aromatic heterocycles. The molecule has 4 rings (SSSR count). The molecule has 0 amide bonds. The maximum Gasteiger partial charge on any atom is 0.271 e. The molecule has 0 bridgehead atoms. The lowest BCUT2D eigenvalue weighted by Gasteiger charge is -2.15. The number of aromatic nitrogens is 3. The van der Waals surface area contributed by atoms with Crippen LogP contribution >= 0.6 is 0 Å². The number of ether oxygens (including phenoxy) is 1. The Balaban J connectivity index is 1.79. The Hall–Kier alpha value is -3.92. The minimum atomic E-state index is -3.95. The zero-order valence-electron chi connectivity index (χ0n) is 19.4. The van der Waals surface area contributed by atoms with E-state index in [-0.39, 0.29) is 10.5 Å². The fourth-order valence-corrected chi connectivity index (χ4v) is 4.99. The summed E-state index contributed by atoms with van der Waals surface area (Å²) in [5.41, 5.74) is 3.36. The lowest BCUT2D eigenvalue weighted by atomic mass is 10.1. The van der Waals surface area contributed by atoms with Crippen LogP contribution in [-0.2, 0) is 10.0 Å². The highest BCUT2D eigenvalue weighted by Crippen LogP contribution is 2.30. The van der Waals surface area contributed by atoms with Gasteiger partial charge in [0.25, 0.3) is 15.6 Å². The first-order chi connectivity index (χ1) is 16.1. The van der Waals surface area contributed by atoms with Crippen molar-refractivity contribution >= 4 is 15.7 Å². The normalized spacial score (nSPS) is 11.4. The highest BCUT2D eigenvalue weighted by Gasteiger charge is 2.21. The Bertz CT molecular complexity index is 1530. The molecular formula is C24H24N4O5S. The van der Waals surface area contributed by atoms with E-state index >= 15 is 0 Å². The molecule has 0 saturated carbocycles. The van der Waals surface area contributed by atoms with Gasteiger partial charge in [-0.25, -0.2) is 8.42 Å². The molecule has 0 saturated heterocycles. The summed E-state index contributed by atoms with van der Waals surface area (Å²) in [6.07, 6.45) is 0. The first-order valence-corrected chi connectivity index (χ1v) is 11.9. The maximum atomic E-state index is 13.3. The van der Waals surface area contributed by atoms with Crippen LogP contribution in [0.5, 0.6) is 5.75 Å². The van der Waals surface area contributed by atoms with Gasteiger partial charge in [-0.05, 0) is 63.1 Å². The Morgan fingerprint density at radius 2 is 1.76 bits per heavy atom. The molecule has 10 heteroatoms. The van der Waals surface area contributed by atoms with Crippen molar-refractivity contribution < 1.29 is 17.7 Å². The number of sulfonamides is 1. The molecular weight excluding hydrogens is 456 g/mol. The van der Waals surface area contributed by atoms with Crippen LogP contribution in [0.3, 0.4) is 0 Å². The zero-order chi connectivity index (χ0) is 24.6. The number of nitrogens with one attached hydrogen (secondary N) is 1. The lowest BCUT2D eigenvalue weighted by molar-refractivity contribution is 0.392. The second-order valence-electron chi connectivity index (χ2n) is 7.93. The van der Waals surface area contributed by atoms with Crippen LogP contribution in [0.25, 0.3) is 16.9 Å². The monoisotopic (exact) mass is 480 g/mol.